The van der Waals surface area contributed by atoms with Crippen LogP contribution in [0, 0.1) is 5.92 Å². The number of nitrogens with one attached hydrogen (secondary N) is 1. The molecular formula is C16H19NO4S. The Morgan fingerprint density at radius 3 is 2.68 bits per heavy atom. The van der Waals surface area contributed by atoms with Gasteiger partial charge >= 0.3 is 5.63 Å². The lowest BCUT2D eigenvalue weighted by Crippen LogP contribution is -2.40. The number of rotatable bonds is 3. The van der Waals surface area contributed by atoms with Crippen molar-refractivity contribution in [3.63, 3.8) is 0 Å². The predicted molar refractivity (Wildman–Crippen MR) is 84.2 cm³/mol. The smallest absolute Gasteiger partial charge is 0.336 e. The van der Waals surface area contributed by atoms with E-state index >= 15 is 0 Å². The van der Waals surface area contributed by atoms with Gasteiger partial charge in [0.1, 0.15) is 5.58 Å². The van der Waals surface area contributed by atoms with Crippen LogP contribution in [-0.4, -0.2) is 14.5 Å². The van der Waals surface area contributed by atoms with Gasteiger partial charge in [0.25, 0.3) is 0 Å². The minimum absolute atomic E-state index is 0.0110. The fraction of sp³-hybridized carbons (Fsp3) is 0.438. The molecule has 5 nitrogen and oxygen atoms in total. The SMILES string of the molecule is C[C@H]1CCCC[C@H]1NS(=O)(=O)c1ccc2oc(=O)ccc2c1. The van der Waals surface area contributed by atoms with E-state index in [0.29, 0.717) is 16.9 Å². The zero-order valence-corrected chi connectivity index (χ0v) is 13.2. The van der Waals surface area contributed by atoms with Crippen molar-refractivity contribution in [2.45, 2.75) is 43.5 Å². The van der Waals surface area contributed by atoms with Crippen LogP contribution in [0.25, 0.3) is 11.0 Å². The van der Waals surface area contributed by atoms with Crippen molar-refractivity contribution in [3.8, 4) is 0 Å². The van der Waals surface area contributed by atoms with Crippen LogP contribution >= 0.6 is 0 Å². The molecule has 0 saturated heterocycles. The number of benzene rings is 1. The molecule has 0 aliphatic heterocycles. The second kappa shape index (κ2) is 5.85. The first-order valence-corrected chi connectivity index (χ1v) is 9.00. The summed E-state index contributed by atoms with van der Waals surface area (Å²) in [5.41, 5.74) is -0.0604. The summed E-state index contributed by atoms with van der Waals surface area (Å²) in [5, 5.41) is 0.596. The van der Waals surface area contributed by atoms with E-state index in [1.807, 2.05) is 0 Å². The Kier molecular flexibility index (Phi) is 4.06. The van der Waals surface area contributed by atoms with Crippen molar-refractivity contribution in [2.24, 2.45) is 5.92 Å². The van der Waals surface area contributed by atoms with Gasteiger partial charge in [-0.3, -0.25) is 0 Å². The molecule has 1 saturated carbocycles. The molecule has 0 radical (unpaired) electrons. The standard InChI is InChI=1S/C16H19NO4S/c1-11-4-2-3-5-14(11)17-22(19,20)13-7-8-15-12(10-13)6-9-16(18)21-15/h6-11,14,17H,2-5H2,1H3/t11-,14+/m0/s1. The summed E-state index contributed by atoms with van der Waals surface area (Å²) in [6, 6.07) is 7.38. The van der Waals surface area contributed by atoms with Gasteiger partial charge in [-0.1, -0.05) is 19.8 Å². The molecule has 0 unspecified atom stereocenters. The zero-order valence-electron chi connectivity index (χ0n) is 12.4. The fourth-order valence-electron chi connectivity index (χ4n) is 2.98. The van der Waals surface area contributed by atoms with Gasteiger partial charge in [-0.2, -0.15) is 0 Å². The van der Waals surface area contributed by atoms with Crippen molar-refractivity contribution in [2.75, 3.05) is 0 Å². The van der Waals surface area contributed by atoms with Gasteiger partial charge in [-0.05, 0) is 43.0 Å². The van der Waals surface area contributed by atoms with Gasteiger partial charge in [-0.15, -0.1) is 0 Å². The third-order valence-corrected chi connectivity index (χ3v) is 5.81. The molecule has 2 aromatic rings. The Hall–Kier alpha value is -1.66. The lowest BCUT2D eigenvalue weighted by molar-refractivity contribution is 0.310. The molecular weight excluding hydrogens is 302 g/mol. The zero-order chi connectivity index (χ0) is 15.7. The van der Waals surface area contributed by atoms with Crippen LogP contribution in [-0.2, 0) is 10.0 Å². The van der Waals surface area contributed by atoms with Gasteiger partial charge in [0.15, 0.2) is 0 Å². The molecule has 0 amide bonds. The van der Waals surface area contributed by atoms with E-state index in [1.54, 1.807) is 6.07 Å². The van der Waals surface area contributed by atoms with E-state index in [0.717, 1.165) is 25.7 Å². The van der Waals surface area contributed by atoms with Crippen LogP contribution in [0.3, 0.4) is 0 Å². The van der Waals surface area contributed by atoms with E-state index < -0.39 is 15.6 Å². The number of hydrogen-bond donors (Lipinski definition) is 1. The van der Waals surface area contributed by atoms with Gasteiger partial charge < -0.3 is 4.42 Å². The van der Waals surface area contributed by atoms with Crippen LogP contribution in [0.1, 0.15) is 32.6 Å². The summed E-state index contributed by atoms with van der Waals surface area (Å²) in [7, 11) is -3.56. The normalized spacial score (nSPS) is 22.8. The molecule has 2 atom stereocenters. The monoisotopic (exact) mass is 321 g/mol. The minimum atomic E-state index is -3.56. The molecule has 118 valence electrons. The average molecular weight is 321 g/mol. The highest BCUT2D eigenvalue weighted by molar-refractivity contribution is 7.89. The van der Waals surface area contributed by atoms with Crippen LogP contribution < -0.4 is 10.3 Å². The van der Waals surface area contributed by atoms with E-state index in [-0.39, 0.29) is 10.9 Å². The van der Waals surface area contributed by atoms with Gasteiger partial charge in [0, 0.05) is 17.5 Å². The molecule has 3 rings (SSSR count). The molecule has 0 spiro atoms. The average Bonchev–Trinajstić information content (AvgIpc) is 2.49. The Morgan fingerprint density at radius 2 is 1.91 bits per heavy atom. The lowest BCUT2D eigenvalue weighted by atomic mass is 9.87. The first-order chi connectivity index (χ1) is 10.5. The topological polar surface area (TPSA) is 76.4 Å². The molecule has 1 aromatic carbocycles. The van der Waals surface area contributed by atoms with Crippen molar-refractivity contribution in [3.05, 3.63) is 40.8 Å². The van der Waals surface area contributed by atoms with E-state index in [2.05, 4.69) is 11.6 Å². The number of hydrogen-bond acceptors (Lipinski definition) is 4. The van der Waals surface area contributed by atoms with Gasteiger partial charge in [0.05, 0.1) is 4.90 Å². The molecule has 1 fully saturated rings. The molecule has 1 heterocycles. The van der Waals surface area contributed by atoms with Crippen molar-refractivity contribution >= 4 is 21.0 Å². The largest absolute Gasteiger partial charge is 0.423 e. The first kappa shape index (κ1) is 15.2. The summed E-state index contributed by atoms with van der Waals surface area (Å²) in [6.45, 7) is 2.08. The minimum Gasteiger partial charge on any atom is -0.423 e. The third-order valence-electron chi connectivity index (χ3n) is 4.32. The third kappa shape index (κ3) is 3.08. The summed E-state index contributed by atoms with van der Waals surface area (Å²) >= 11 is 0. The highest BCUT2D eigenvalue weighted by Gasteiger charge is 2.26. The van der Waals surface area contributed by atoms with E-state index in [4.69, 9.17) is 4.42 Å². The van der Waals surface area contributed by atoms with Crippen LogP contribution in [0.5, 0.6) is 0 Å². The van der Waals surface area contributed by atoms with E-state index in [9.17, 15) is 13.2 Å². The summed E-state index contributed by atoms with van der Waals surface area (Å²) in [4.78, 5) is 11.4. The summed E-state index contributed by atoms with van der Waals surface area (Å²) in [5.74, 6) is 0.349. The lowest BCUT2D eigenvalue weighted by Gasteiger charge is -2.29. The second-order valence-corrected chi connectivity index (χ2v) is 7.66. The molecule has 1 N–H and O–H groups in total. The predicted octanol–water partition coefficient (Wildman–Crippen LogP) is 2.65. The van der Waals surface area contributed by atoms with Crippen molar-refractivity contribution < 1.29 is 12.8 Å². The maximum absolute atomic E-state index is 12.6. The highest BCUT2D eigenvalue weighted by Crippen LogP contribution is 2.26. The maximum atomic E-state index is 12.6. The van der Waals surface area contributed by atoms with Crippen LogP contribution in [0.15, 0.2) is 44.4 Å². The number of sulfonamides is 1. The highest BCUT2D eigenvalue weighted by atomic mass is 32.2. The van der Waals surface area contributed by atoms with Crippen molar-refractivity contribution in [1.82, 2.24) is 4.72 Å². The Morgan fingerprint density at radius 1 is 1.14 bits per heavy atom. The Bertz CT molecular complexity index is 841. The fourth-order valence-corrected chi connectivity index (χ4v) is 4.39. The second-order valence-electron chi connectivity index (χ2n) is 5.94. The van der Waals surface area contributed by atoms with E-state index in [1.165, 1.54) is 24.3 Å². The number of fused-ring (bicyclic) bond motifs is 1. The summed E-state index contributed by atoms with van der Waals surface area (Å²) in [6.07, 6.45) is 4.15. The van der Waals surface area contributed by atoms with Crippen LogP contribution in [0.2, 0.25) is 0 Å². The van der Waals surface area contributed by atoms with Crippen LogP contribution in [0.4, 0.5) is 0 Å². The van der Waals surface area contributed by atoms with Crippen molar-refractivity contribution in [1.29, 1.82) is 0 Å². The molecule has 1 aliphatic carbocycles. The Labute approximate surface area is 129 Å². The molecule has 0 bridgehead atoms. The Balaban J connectivity index is 1.91. The molecule has 22 heavy (non-hydrogen) atoms. The molecule has 1 aliphatic rings. The van der Waals surface area contributed by atoms with Gasteiger partial charge in [0.2, 0.25) is 10.0 Å². The molecule has 6 heteroatoms. The molecule has 1 aromatic heterocycles. The first-order valence-electron chi connectivity index (χ1n) is 7.52. The quantitative estimate of drug-likeness (QED) is 0.882. The van der Waals surface area contributed by atoms with Gasteiger partial charge in [-0.25, -0.2) is 17.9 Å². The maximum Gasteiger partial charge on any atom is 0.336 e. The summed E-state index contributed by atoms with van der Waals surface area (Å²) < 4.78 is 32.9.